The Balaban J connectivity index is 1.67. The second-order valence-corrected chi connectivity index (χ2v) is 8.11. The van der Waals surface area contributed by atoms with Crippen LogP contribution in [0.4, 0.5) is 5.69 Å². The Bertz CT molecular complexity index is 1310. The summed E-state index contributed by atoms with van der Waals surface area (Å²) in [7, 11) is 1.43. The van der Waals surface area contributed by atoms with Crippen LogP contribution < -0.4 is 20.2 Å². The van der Waals surface area contributed by atoms with Gasteiger partial charge in [-0.05, 0) is 74.0 Å². The molecular formula is C25H21Cl2N3O5. The van der Waals surface area contributed by atoms with Gasteiger partial charge in [0.05, 0.1) is 18.4 Å². The van der Waals surface area contributed by atoms with E-state index in [1.54, 1.807) is 68.4 Å². The van der Waals surface area contributed by atoms with E-state index in [-0.39, 0.29) is 11.5 Å². The van der Waals surface area contributed by atoms with Crippen molar-refractivity contribution in [2.45, 2.75) is 13.8 Å². The summed E-state index contributed by atoms with van der Waals surface area (Å²) in [5.74, 6) is -1.95. The minimum absolute atomic E-state index is 0.198. The number of nitrogens with zero attached hydrogens (tertiary/aromatic N) is 1. The van der Waals surface area contributed by atoms with Gasteiger partial charge in [-0.3, -0.25) is 9.59 Å². The molecule has 180 valence electrons. The van der Waals surface area contributed by atoms with Crippen molar-refractivity contribution in [3.8, 4) is 11.5 Å². The average molecular weight is 514 g/mol. The van der Waals surface area contributed by atoms with Gasteiger partial charge in [-0.1, -0.05) is 29.3 Å². The van der Waals surface area contributed by atoms with Crippen LogP contribution in [0.25, 0.3) is 0 Å². The van der Waals surface area contributed by atoms with Crippen molar-refractivity contribution in [1.29, 1.82) is 0 Å². The Hall–Kier alpha value is -3.88. The van der Waals surface area contributed by atoms with Crippen molar-refractivity contribution in [3.05, 3.63) is 87.4 Å². The highest BCUT2D eigenvalue weighted by Gasteiger charge is 2.16. The minimum Gasteiger partial charge on any atom is -0.493 e. The first-order valence-corrected chi connectivity index (χ1v) is 11.0. The van der Waals surface area contributed by atoms with E-state index in [2.05, 4.69) is 15.8 Å². The summed E-state index contributed by atoms with van der Waals surface area (Å²) in [4.78, 5) is 36.8. The number of halogens is 2. The van der Waals surface area contributed by atoms with Gasteiger partial charge in [-0.15, -0.1) is 0 Å². The first kappa shape index (κ1) is 25.7. The Morgan fingerprint density at radius 3 is 2.26 bits per heavy atom. The van der Waals surface area contributed by atoms with E-state index in [1.165, 1.54) is 13.2 Å². The van der Waals surface area contributed by atoms with Crippen LogP contribution in [0.15, 0.2) is 65.8 Å². The van der Waals surface area contributed by atoms with E-state index in [4.69, 9.17) is 32.7 Å². The molecule has 0 saturated heterocycles. The molecule has 0 saturated carbocycles. The lowest BCUT2D eigenvalue weighted by molar-refractivity contribution is -0.136. The quantitative estimate of drug-likeness (QED) is 0.158. The van der Waals surface area contributed by atoms with E-state index in [0.29, 0.717) is 38.1 Å². The molecule has 35 heavy (non-hydrogen) atoms. The summed E-state index contributed by atoms with van der Waals surface area (Å²) >= 11 is 11.9. The fourth-order valence-electron chi connectivity index (χ4n) is 2.89. The molecule has 0 radical (unpaired) electrons. The monoisotopic (exact) mass is 513 g/mol. The van der Waals surface area contributed by atoms with Crippen LogP contribution in [-0.4, -0.2) is 30.6 Å². The van der Waals surface area contributed by atoms with Crippen molar-refractivity contribution < 1.29 is 23.9 Å². The van der Waals surface area contributed by atoms with Gasteiger partial charge in [0.25, 0.3) is 0 Å². The number of benzene rings is 3. The number of hydrogen-bond donors (Lipinski definition) is 2. The summed E-state index contributed by atoms with van der Waals surface area (Å²) in [6.45, 7) is 3.36. The number of methoxy groups -OCH3 is 1. The molecule has 0 aliphatic rings. The second kappa shape index (κ2) is 11.5. The molecule has 0 spiro atoms. The molecular weight excluding hydrogens is 493 g/mol. The van der Waals surface area contributed by atoms with Crippen molar-refractivity contribution >= 4 is 52.4 Å². The highest BCUT2D eigenvalue weighted by atomic mass is 35.5. The number of rotatable bonds is 6. The van der Waals surface area contributed by atoms with Crippen LogP contribution in [0, 0.1) is 6.92 Å². The smallest absolute Gasteiger partial charge is 0.343 e. The zero-order chi connectivity index (χ0) is 25.5. The maximum Gasteiger partial charge on any atom is 0.343 e. The Morgan fingerprint density at radius 2 is 1.57 bits per heavy atom. The number of carbonyl (C=O) groups is 3. The van der Waals surface area contributed by atoms with Crippen LogP contribution in [0.1, 0.15) is 28.4 Å². The number of nitrogens with one attached hydrogen (secondary N) is 2. The van der Waals surface area contributed by atoms with Gasteiger partial charge in [0, 0.05) is 21.3 Å². The third kappa shape index (κ3) is 6.59. The minimum atomic E-state index is -0.954. The molecule has 8 nitrogen and oxygen atoms in total. The Morgan fingerprint density at radius 1 is 0.886 bits per heavy atom. The lowest BCUT2D eigenvalue weighted by Crippen LogP contribution is -2.33. The lowest BCUT2D eigenvalue weighted by Gasteiger charge is -2.11. The van der Waals surface area contributed by atoms with E-state index in [1.807, 2.05) is 0 Å². The lowest BCUT2D eigenvalue weighted by atomic mass is 10.1. The normalized spacial score (nSPS) is 10.9. The molecule has 3 rings (SSSR count). The fourth-order valence-corrected chi connectivity index (χ4v) is 3.19. The first-order chi connectivity index (χ1) is 16.7. The molecule has 0 heterocycles. The number of ether oxygens (including phenoxy) is 2. The molecule has 0 aromatic heterocycles. The largest absolute Gasteiger partial charge is 0.493 e. The maximum atomic E-state index is 12.4. The highest BCUT2D eigenvalue weighted by molar-refractivity contribution is 6.40. The van der Waals surface area contributed by atoms with Gasteiger partial charge in [-0.25, -0.2) is 10.2 Å². The zero-order valence-electron chi connectivity index (χ0n) is 19.0. The van der Waals surface area contributed by atoms with Gasteiger partial charge >= 0.3 is 17.8 Å². The third-order valence-corrected chi connectivity index (χ3v) is 5.57. The molecule has 0 aliphatic carbocycles. The number of esters is 1. The predicted octanol–water partition coefficient (Wildman–Crippen LogP) is 5.01. The van der Waals surface area contributed by atoms with E-state index in [9.17, 15) is 14.4 Å². The number of carbonyl (C=O) groups excluding carboxylic acids is 3. The summed E-state index contributed by atoms with van der Waals surface area (Å²) in [6.07, 6.45) is 0. The second-order valence-electron chi connectivity index (χ2n) is 7.27. The molecule has 10 heteroatoms. The molecule has 0 atom stereocenters. The first-order valence-electron chi connectivity index (χ1n) is 10.3. The molecule has 0 aliphatic heterocycles. The zero-order valence-corrected chi connectivity index (χ0v) is 20.5. The van der Waals surface area contributed by atoms with E-state index in [0.717, 1.165) is 0 Å². The van der Waals surface area contributed by atoms with Crippen molar-refractivity contribution in [2.24, 2.45) is 5.10 Å². The molecule has 2 amide bonds. The van der Waals surface area contributed by atoms with Gasteiger partial charge in [0.2, 0.25) is 0 Å². The number of anilines is 1. The van der Waals surface area contributed by atoms with Crippen LogP contribution in [0.2, 0.25) is 10.0 Å². The number of hydrogen-bond acceptors (Lipinski definition) is 6. The van der Waals surface area contributed by atoms with Gasteiger partial charge < -0.3 is 14.8 Å². The topological polar surface area (TPSA) is 106 Å². The van der Waals surface area contributed by atoms with Gasteiger partial charge in [-0.2, -0.15) is 5.10 Å². The number of amides is 2. The summed E-state index contributed by atoms with van der Waals surface area (Å²) < 4.78 is 10.7. The van der Waals surface area contributed by atoms with Gasteiger partial charge in [0.1, 0.15) is 0 Å². The number of hydrazone groups is 1. The van der Waals surface area contributed by atoms with E-state index < -0.39 is 17.8 Å². The molecule has 3 aromatic rings. The van der Waals surface area contributed by atoms with Crippen LogP contribution in [-0.2, 0) is 9.59 Å². The molecule has 0 bridgehead atoms. The van der Waals surface area contributed by atoms with Crippen molar-refractivity contribution in [1.82, 2.24) is 5.43 Å². The Kier molecular flexibility index (Phi) is 8.46. The predicted molar refractivity (Wildman–Crippen MR) is 135 cm³/mol. The average Bonchev–Trinajstić information content (AvgIpc) is 2.85. The standard InChI is InChI=1S/C25H21Cl2N3O5/c1-14-19(27)5-4-6-20(14)28-23(31)24(32)30-29-15(2)17-9-12-21(22(13-17)34-3)35-25(33)16-7-10-18(26)11-8-16/h4-13H,1-3H3,(H,28,31)(H,30,32)/b29-15+. The maximum absolute atomic E-state index is 12.4. The van der Waals surface area contributed by atoms with E-state index >= 15 is 0 Å². The summed E-state index contributed by atoms with van der Waals surface area (Å²) in [6, 6.07) is 16.0. The Labute approximate surface area is 211 Å². The van der Waals surface area contributed by atoms with Crippen LogP contribution in [0.3, 0.4) is 0 Å². The summed E-state index contributed by atoms with van der Waals surface area (Å²) in [5.41, 5.74) is 4.56. The highest BCUT2D eigenvalue weighted by Crippen LogP contribution is 2.29. The van der Waals surface area contributed by atoms with Crippen molar-refractivity contribution in [2.75, 3.05) is 12.4 Å². The third-order valence-electron chi connectivity index (χ3n) is 4.91. The molecule has 2 N–H and O–H groups in total. The molecule has 0 unspecified atom stereocenters. The molecule has 0 fully saturated rings. The summed E-state index contributed by atoms with van der Waals surface area (Å²) in [5, 5.41) is 7.44. The van der Waals surface area contributed by atoms with Gasteiger partial charge in [0.15, 0.2) is 11.5 Å². The SMILES string of the molecule is COc1cc(/C(C)=N/NC(=O)C(=O)Nc2cccc(Cl)c2C)ccc1OC(=O)c1ccc(Cl)cc1. The van der Waals surface area contributed by atoms with Crippen LogP contribution in [0.5, 0.6) is 11.5 Å². The molecule has 3 aromatic carbocycles. The van der Waals surface area contributed by atoms with Crippen molar-refractivity contribution in [3.63, 3.8) is 0 Å². The fraction of sp³-hybridized carbons (Fsp3) is 0.120. The van der Waals surface area contributed by atoms with Crippen LogP contribution >= 0.6 is 23.2 Å².